The number of rotatable bonds is 8. The second-order valence-corrected chi connectivity index (χ2v) is 8.29. The molecule has 0 saturated carbocycles. The molecule has 0 saturated heterocycles. The van der Waals surface area contributed by atoms with Gasteiger partial charge in [0, 0.05) is 0 Å². The van der Waals surface area contributed by atoms with E-state index in [2.05, 4.69) is 20.6 Å². The highest BCUT2D eigenvalue weighted by Gasteiger charge is 2.15. The number of H-pyrrole nitrogens is 2. The Morgan fingerprint density at radius 3 is 1.88 bits per heavy atom. The van der Waals surface area contributed by atoms with E-state index in [1.54, 1.807) is 0 Å². The highest BCUT2D eigenvalue weighted by Crippen LogP contribution is 2.19. The average Bonchev–Trinajstić information content (AvgIpc) is 2.92. The first-order valence-electron chi connectivity index (χ1n) is 11.6. The van der Waals surface area contributed by atoms with Gasteiger partial charge in [0.1, 0.15) is 17.7 Å². The Morgan fingerprint density at radius 1 is 0.829 bits per heavy atom. The Labute approximate surface area is 227 Å². The van der Waals surface area contributed by atoms with Crippen LogP contribution in [-0.2, 0) is 11.5 Å². The lowest BCUT2D eigenvalue weighted by molar-refractivity contribution is -0.253. The number of carbonyl (C=O) groups is 1. The topological polar surface area (TPSA) is 217 Å². The fraction of sp³-hybridized carbons (Fsp3) is 0.0370. The summed E-state index contributed by atoms with van der Waals surface area (Å²) in [5.74, 6) is -2.58. The molecular weight excluding hydrogens is 540 g/mol. The number of aromatic carboxylic acids is 1. The van der Waals surface area contributed by atoms with Crippen molar-refractivity contribution in [1.29, 1.82) is 0 Å². The van der Waals surface area contributed by atoms with E-state index in [1.165, 1.54) is 60.7 Å². The first-order chi connectivity index (χ1) is 19.6. The van der Waals surface area contributed by atoms with Crippen LogP contribution in [0, 0.1) is 0 Å². The molecule has 0 amide bonds. The quantitative estimate of drug-likeness (QED) is 0.0786. The van der Waals surface area contributed by atoms with Gasteiger partial charge < -0.3 is 15.3 Å². The molecule has 2 heterocycles. The van der Waals surface area contributed by atoms with Gasteiger partial charge in [-0.1, -0.05) is 18.2 Å². The molecule has 0 aliphatic carbocycles. The van der Waals surface area contributed by atoms with E-state index < -0.39 is 40.2 Å². The molecule has 4 rings (SSSR count). The highest BCUT2D eigenvalue weighted by molar-refractivity contribution is 5.87. The summed E-state index contributed by atoms with van der Waals surface area (Å²) in [7, 11) is 0. The summed E-state index contributed by atoms with van der Waals surface area (Å²) in [6.07, 6.45) is 4.72. The number of hydrogen-bond donors (Lipinski definition) is 6. The van der Waals surface area contributed by atoms with E-state index >= 15 is 0 Å². The van der Waals surface area contributed by atoms with Gasteiger partial charge in [0.2, 0.25) is 11.8 Å². The first kappa shape index (κ1) is 28.1. The van der Waals surface area contributed by atoms with Gasteiger partial charge in [0.15, 0.2) is 0 Å². The number of allylic oxidation sites excluding steroid dienone is 2. The van der Waals surface area contributed by atoms with Crippen molar-refractivity contribution in [1.82, 2.24) is 19.1 Å². The fourth-order valence-electron chi connectivity index (χ4n) is 3.74. The normalized spacial score (nSPS) is 10.9. The summed E-state index contributed by atoms with van der Waals surface area (Å²) in [5, 5.41) is 38.8. The molecule has 4 aromatic rings. The summed E-state index contributed by atoms with van der Waals surface area (Å²) >= 11 is 0. The number of benzene rings is 2. The van der Waals surface area contributed by atoms with Crippen molar-refractivity contribution in [3.8, 4) is 23.1 Å². The average molecular weight is 560 g/mol. The largest absolute Gasteiger partial charge is 0.494 e. The lowest BCUT2D eigenvalue weighted by Crippen LogP contribution is -2.30. The number of carboxylic acid groups (broad SMARTS) is 1. The Bertz CT molecular complexity index is 1950. The molecule has 0 atom stereocenters. The molecule has 0 spiro atoms. The Balaban J connectivity index is 1.66. The molecule has 0 aliphatic heterocycles. The maximum Gasteiger partial charge on any atom is 0.335 e. The number of nitrogens with zero attached hydrogens (tertiary/aromatic N) is 2. The second-order valence-electron chi connectivity index (χ2n) is 8.29. The van der Waals surface area contributed by atoms with E-state index in [-0.39, 0.29) is 34.7 Å². The number of nitrogens with one attached hydrogen (secondary N) is 2. The molecule has 0 aliphatic rings. The monoisotopic (exact) mass is 560 g/mol. The summed E-state index contributed by atoms with van der Waals surface area (Å²) in [4.78, 5) is 68.5. The Hall–Kier alpha value is -5.95. The van der Waals surface area contributed by atoms with Crippen LogP contribution in [0.15, 0.2) is 85.6 Å². The van der Waals surface area contributed by atoms with Crippen molar-refractivity contribution in [2.45, 2.75) is 6.61 Å². The fourth-order valence-corrected chi connectivity index (χ4v) is 3.74. The van der Waals surface area contributed by atoms with Gasteiger partial charge in [-0.05, 0) is 60.2 Å². The van der Waals surface area contributed by atoms with Crippen molar-refractivity contribution < 1.29 is 30.3 Å². The Kier molecular flexibility index (Phi) is 8.10. The third kappa shape index (κ3) is 5.89. The van der Waals surface area contributed by atoms with E-state index in [0.29, 0.717) is 5.56 Å². The zero-order valence-electron chi connectivity index (χ0n) is 20.8. The van der Waals surface area contributed by atoms with Gasteiger partial charge in [-0.25, -0.2) is 28.4 Å². The van der Waals surface area contributed by atoms with Gasteiger partial charge in [-0.15, -0.1) is 5.73 Å². The molecule has 6 N–H and O–H groups in total. The Morgan fingerprint density at radius 2 is 1.34 bits per heavy atom. The maximum atomic E-state index is 12.3. The molecule has 0 bridgehead atoms. The van der Waals surface area contributed by atoms with Crippen molar-refractivity contribution >= 4 is 18.1 Å². The number of carboxylic acids is 1. The number of aromatic hydroxyl groups is 2. The predicted molar refractivity (Wildman–Crippen MR) is 145 cm³/mol. The second kappa shape index (κ2) is 11.8. The van der Waals surface area contributed by atoms with Gasteiger partial charge in [0.25, 0.3) is 11.1 Å². The molecule has 2 aromatic carbocycles. The predicted octanol–water partition coefficient (Wildman–Crippen LogP) is 1.35. The minimum Gasteiger partial charge on any atom is -0.494 e. The van der Waals surface area contributed by atoms with E-state index in [0.717, 1.165) is 21.3 Å². The molecule has 0 radical (unpaired) electrons. The van der Waals surface area contributed by atoms with Crippen LogP contribution >= 0.6 is 0 Å². The van der Waals surface area contributed by atoms with E-state index in [4.69, 9.17) is 10.4 Å². The van der Waals surface area contributed by atoms with Crippen molar-refractivity contribution in [3.63, 3.8) is 0 Å². The highest BCUT2D eigenvalue weighted by atomic mass is 17.1. The smallest absolute Gasteiger partial charge is 0.335 e. The van der Waals surface area contributed by atoms with Crippen LogP contribution < -0.4 is 22.5 Å². The van der Waals surface area contributed by atoms with Crippen molar-refractivity contribution in [2.24, 2.45) is 0 Å². The van der Waals surface area contributed by atoms with Gasteiger partial charge in [0.05, 0.1) is 16.9 Å². The van der Waals surface area contributed by atoms with Crippen LogP contribution in [0.2, 0.25) is 0 Å². The maximum absolute atomic E-state index is 12.3. The van der Waals surface area contributed by atoms with Crippen molar-refractivity contribution in [2.75, 3.05) is 0 Å². The van der Waals surface area contributed by atoms with Crippen LogP contribution in [0.1, 0.15) is 27.0 Å². The molecular formula is C27H20N4O10. The van der Waals surface area contributed by atoms with Gasteiger partial charge in [-0.2, -0.15) is 0 Å². The third-order valence-electron chi connectivity index (χ3n) is 5.72. The lowest BCUT2D eigenvalue weighted by atomic mass is 10.2. The van der Waals surface area contributed by atoms with Gasteiger partial charge in [-0.3, -0.25) is 24.8 Å². The lowest BCUT2D eigenvalue weighted by Gasteiger charge is -2.10. The molecule has 14 nitrogen and oxygen atoms in total. The summed E-state index contributed by atoms with van der Waals surface area (Å²) in [6.45, 7) is -0.0936. The van der Waals surface area contributed by atoms with Crippen molar-refractivity contribution in [3.05, 3.63) is 130 Å². The SMILES string of the molecule is O=C(O)c1ccc(-n2c(O)c(C=CC=C=Cc3c(O)n(-c4ccc(COO)cc4)c(=O)[nH]c3=O)c(=O)[nH]c2=O)cc1. The van der Waals surface area contributed by atoms with Crippen LogP contribution in [0.4, 0.5) is 0 Å². The van der Waals surface area contributed by atoms with Crippen LogP contribution in [0.3, 0.4) is 0 Å². The molecule has 41 heavy (non-hydrogen) atoms. The third-order valence-corrected chi connectivity index (χ3v) is 5.72. The van der Waals surface area contributed by atoms with Gasteiger partial charge >= 0.3 is 17.3 Å². The van der Waals surface area contributed by atoms with Crippen LogP contribution in [0.5, 0.6) is 11.8 Å². The van der Waals surface area contributed by atoms with Crippen LogP contribution in [-0.4, -0.2) is 45.6 Å². The standard InChI is InChI=1S/C27H20N4O10/c32-21-19(23(34)30(26(38)28-21)17-10-6-15(7-11-17)14-41-40)4-2-1-3-5-20-22(33)29-27(39)31(24(20)35)18-12-8-16(9-13-18)25(36)37/h1,3-13,34-35,40H,14H2,(H,36,37)(H,28,32,38)(H,29,33,39). The minimum atomic E-state index is -1.18. The molecule has 0 unspecified atom stereocenters. The number of hydrogen-bond acceptors (Lipinski definition) is 9. The minimum absolute atomic E-state index is 0.0471. The number of aromatic amines is 2. The van der Waals surface area contributed by atoms with Crippen LogP contribution in [0.25, 0.3) is 23.5 Å². The molecule has 0 fully saturated rings. The molecule has 2 aromatic heterocycles. The number of aromatic nitrogens is 4. The van der Waals surface area contributed by atoms with E-state index in [9.17, 15) is 34.2 Å². The summed E-state index contributed by atoms with van der Waals surface area (Å²) in [5.41, 5.74) is -0.831. The zero-order chi connectivity index (χ0) is 29.7. The summed E-state index contributed by atoms with van der Waals surface area (Å²) < 4.78 is 1.62. The molecule has 14 heteroatoms. The molecule has 208 valence electrons. The zero-order valence-corrected chi connectivity index (χ0v) is 20.8. The first-order valence-corrected chi connectivity index (χ1v) is 11.6. The van der Waals surface area contributed by atoms with E-state index in [1.807, 2.05) is 0 Å². The summed E-state index contributed by atoms with van der Waals surface area (Å²) in [6, 6.07) is 11.0.